The molecule has 1 amide bonds. The van der Waals surface area contributed by atoms with E-state index < -0.39 is 0 Å². The molecule has 0 saturated carbocycles. The van der Waals surface area contributed by atoms with E-state index >= 15 is 0 Å². The predicted octanol–water partition coefficient (Wildman–Crippen LogP) is 3.16. The molecule has 2 aliphatic heterocycles. The Bertz CT molecular complexity index is 1160. The van der Waals surface area contributed by atoms with Gasteiger partial charge in [-0.2, -0.15) is 0 Å². The van der Waals surface area contributed by atoms with Gasteiger partial charge in [0.05, 0.1) is 0 Å². The molecule has 0 atom stereocenters. The van der Waals surface area contributed by atoms with Crippen molar-refractivity contribution in [3.63, 3.8) is 0 Å². The molecule has 3 aromatic heterocycles. The Balaban J connectivity index is 1.30. The molecule has 7 nitrogen and oxygen atoms in total. The fourth-order valence-electron chi connectivity index (χ4n) is 5.24. The summed E-state index contributed by atoms with van der Waals surface area (Å²) in [5.74, 6) is 1.21. The van der Waals surface area contributed by atoms with Crippen LogP contribution in [0, 0.1) is 5.41 Å². The van der Waals surface area contributed by atoms with Gasteiger partial charge < -0.3 is 19.4 Å². The summed E-state index contributed by atoms with van der Waals surface area (Å²) in [6, 6.07) is 6.14. The maximum Gasteiger partial charge on any atom is 0.274 e. The number of carbonyl (C=O) groups is 1. The molecule has 2 fully saturated rings. The van der Waals surface area contributed by atoms with E-state index in [9.17, 15) is 9.59 Å². The van der Waals surface area contributed by atoms with E-state index in [1.807, 2.05) is 29.6 Å². The smallest absolute Gasteiger partial charge is 0.274 e. The van der Waals surface area contributed by atoms with Gasteiger partial charge in [0, 0.05) is 75.3 Å². The summed E-state index contributed by atoms with van der Waals surface area (Å²) in [5.41, 5.74) is 3.00. The fraction of sp³-hybridized carbons (Fsp3) is 0.458. The van der Waals surface area contributed by atoms with Crippen LogP contribution in [0.2, 0.25) is 0 Å². The first kappa shape index (κ1) is 19.8. The van der Waals surface area contributed by atoms with Crippen molar-refractivity contribution in [1.29, 1.82) is 0 Å². The molecule has 0 aromatic carbocycles. The molecule has 5 rings (SSSR count). The number of hydrogen-bond donors (Lipinski definition) is 1. The lowest BCUT2D eigenvalue weighted by Gasteiger charge is -2.47. The average molecular weight is 420 g/mol. The topological polar surface area (TPSA) is 74.2 Å². The molecule has 31 heavy (non-hydrogen) atoms. The van der Waals surface area contributed by atoms with Crippen LogP contribution >= 0.6 is 0 Å². The molecule has 0 aliphatic carbocycles. The third-order valence-corrected chi connectivity index (χ3v) is 7.37. The van der Waals surface area contributed by atoms with Crippen molar-refractivity contribution in [2.45, 2.75) is 32.6 Å². The van der Waals surface area contributed by atoms with Gasteiger partial charge in [-0.3, -0.25) is 9.59 Å². The lowest BCUT2D eigenvalue weighted by atomic mass is 9.71. The first-order valence-corrected chi connectivity index (χ1v) is 11.1. The van der Waals surface area contributed by atoms with Crippen molar-refractivity contribution in [1.82, 2.24) is 19.4 Å². The predicted molar refractivity (Wildman–Crippen MR) is 122 cm³/mol. The number of fused-ring (bicyclic) bond motifs is 1. The third-order valence-electron chi connectivity index (χ3n) is 7.37. The van der Waals surface area contributed by atoms with E-state index in [1.165, 1.54) is 0 Å². The summed E-state index contributed by atoms with van der Waals surface area (Å²) < 4.78 is 1.61. The summed E-state index contributed by atoms with van der Waals surface area (Å²) in [7, 11) is 1.78. The number of aromatic amines is 1. The number of hydrogen-bond acceptors (Lipinski definition) is 4. The Morgan fingerprint density at radius 2 is 1.77 bits per heavy atom. The second kappa shape index (κ2) is 7.55. The number of nitrogens with zero attached hydrogens (tertiary/aromatic N) is 4. The van der Waals surface area contributed by atoms with E-state index in [0.29, 0.717) is 10.9 Å². The van der Waals surface area contributed by atoms with Crippen LogP contribution < -0.4 is 10.5 Å². The maximum absolute atomic E-state index is 12.3. The van der Waals surface area contributed by atoms with Crippen molar-refractivity contribution in [2.75, 3.05) is 31.1 Å². The van der Waals surface area contributed by atoms with Crippen LogP contribution in [0.3, 0.4) is 0 Å². The number of rotatable bonds is 2. The second-order valence-corrected chi connectivity index (χ2v) is 9.12. The molecule has 0 bridgehead atoms. The minimum Gasteiger partial charge on any atom is -0.357 e. The first-order valence-electron chi connectivity index (χ1n) is 11.1. The fourth-order valence-corrected chi connectivity index (χ4v) is 5.24. The SMILES string of the molecule is CC(=O)N1CCC2(CC1)CCN(c1ccc(-c3cn(C)c(=O)c4[nH]ccc34)cn1)CC2. The monoisotopic (exact) mass is 419 g/mol. The number of piperidine rings is 2. The number of pyridine rings is 2. The highest BCUT2D eigenvalue weighted by atomic mass is 16.2. The molecule has 2 aliphatic rings. The number of anilines is 1. The van der Waals surface area contributed by atoms with Crippen LogP contribution in [0.5, 0.6) is 0 Å². The van der Waals surface area contributed by atoms with Crippen LogP contribution in [0.4, 0.5) is 5.82 Å². The van der Waals surface area contributed by atoms with Crippen LogP contribution in [0.15, 0.2) is 41.6 Å². The van der Waals surface area contributed by atoms with E-state index in [2.05, 4.69) is 22.0 Å². The number of aromatic nitrogens is 3. The Hall–Kier alpha value is -3.09. The van der Waals surface area contributed by atoms with Gasteiger partial charge >= 0.3 is 0 Å². The zero-order chi connectivity index (χ0) is 21.6. The molecular weight excluding hydrogens is 390 g/mol. The molecule has 162 valence electrons. The summed E-state index contributed by atoms with van der Waals surface area (Å²) in [4.78, 5) is 36.1. The summed E-state index contributed by atoms with van der Waals surface area (Å²) in [6.07, 6.45) is 10.2. The minimum absolute atomic E-state index is 0.0234. The normalized spacial score (nSPS) is 18.6. The Labute approximate surface area is 181 Å². The molecule has 0 unspecified atom stereocenters. The highest BCUT2D eigenvalue weighted by Gasteiger charge is 2.38. The quantitative estimate of drug-likeness (QED) is 0.692. The number of nitrogens with one attached hydrogen (secondary N) is 1. The van der Waals surface area contributed by atoms with Crippen molar-refractivity contribution in [3.8, 4) is 11.1 Å². The van der Waals surface area contributed by atoms with Crippen molar-refractivity contribution in [2.24, 2.45) is 12.5 Å². The highest BCUT2D eigenvalue weighted by Crippen LogP contribution is 2.42. The second-order valence-electron chi connectivity index (χ2n) is 9.12. The van der Waals surface area contributed by atoms with Gasteiger partial charge in [0.25, 0.3) is 5.56 Å². The summed E-state index contributed by atoms with van der Waals surface area (Å²) >= 11 is 0. The standard InChI is InChI=1S/C24H29N5O2/c1-17(30)28-11-6-24(7-12-28)8-13-29(14-9-24)21-4-3-18(15-26-21)20-16-27(2)23(31)22-19(20)5-10-25-22/h3-5,10,15-16,25H,6-9,11-14H2,1-2H3. The van der Waals surface area contributed by atoms with E-state index in [0.717, 1.165) is 74.2 Å². The number of H-pyrrole nitrogens is 1. The lowest BCUT2D eigenvalue weighted by molar-refractivity contribution is -0.131. The lowest BCUT2D eigenvalue weighted by Crippen LogP contribution is -2.48. The van der Waals surface area contributed by atoms with E-state index in [-0.39, 0.29) is 11.5 Å². The zero-order valence-corrected chi connectivity index (χ0v) is 18.2. The average Bonchev–Trinajstić information content (AvgIpc) is 3.28. The third kappa shape index (κ3) is 3.52. The van der Waals surface area contributed by atoms with Gasteiger partial charge in [0.2, 0.25) is 5.91 Å². The largest absolute Gasteiger partial charge is 0.357 e. The number of amides is 1. The van der Waals surface area contributed by atoms with Gasteiger partial charge in [-0.25, -0.2) is 4.98 Å². The zero-order valence-electron chi connectivity index (χ0n) is 18.2. The van der Waals surface area contributed by atoms with Crippen LogP contribution in [-0.2, 0) is 11.8 Å². The van der Waals surface area contributed by atoms with Crippen LogP contribution in [0.1, 0.15) is 32.6 Å². The molecule has 7 heteroatoms. The first-order chi connectivity index (χ1) is 15.0. The van der Waals surface area contributed by atoms with Gasteiger partial charge in [0.1, 0.15) is 11.3 Å². The van der Waals surface area contributed by atoms with Gasteiger partial charge in [-0.05, 0) is 49.3 Å². The molecule has 0 radical (unpaired) electrons. The molecule has 1 spiro atoms. The maximum atomic E-state index is 12.3. The van der Waals surface area contributed by atoms with Crippen LogP contribution in [-0.4, -0.2) is 51.5 Å². The van der Waals surface area contributed by atoms with Gasteiger partial charge in [-0.1, -0.05) is 0 Å². The van der Waals surface area contributed by atoms with E-state index in [4.69, 9.17) is 4.98 Å². The van der Waals surface area contributed by atoms with Gasteiger partial charge in [0.15, 0.2) is 0 Å². The van der Waals surface area contributed by atoms with Gasteiger partial charge in [-0.15, -0.1) is 0 Å². The summed E-state index contributed by atoms with van der Waals surface area (Å²) in [5, 5.41) is 0.925. The summed E-state index contributed by atoms with van der Waals surface area (Å²) in [6.45, 7) is 5.49. The molecule has 2 saturated heterocycles. The van der Waals surface area contributed by atoms with Crippen molar-refractivity contribution in [3.05, 3.63) is 47.1 Å². The molecule has 1 N–H and O–H groups in total. The van der Waals surface area contributed by atoms with Crippen molar-refractivity contribution >= 4 is 22.6 Å². The van der Waals surface area contributed by atoms with Crippen LogP contribution in [0.25, 0.3) is 22.0 Å². The Morgan fingerprint density at radius 1 is 1.06 bits per heavy atom. The van der Waals surface area contributed by atoms with E-state index in [1.54, 1.807) is 18.5 Å². The minimum atomic E-state index is -0.0234. The number of aryl methyl sites for hydroxylation is 1. The number of likely N-dealkylation sites (tertiary alicyclic amines) is 1. The Kier molecular flexibility index (Phi) is 4.84. The Morgan fingerprint density at radius 3 is 2.42 bits per heavy atom. The number of carbonyl (C=O) groups excluding carboxylic acids is 1. The molecule has 3 aromatic rings. The molecule has 5 heterocycles. The highest BCUT2D eigenvalue weighted by molar-refractivity contribution is 5.94. The molecular formula is C24H29N5O2. The van der Waals surface area contributed by atoms with Crippen molar-refractivity contribution < 1.29 is 4.79 Å².